The number of aromatic nitrogens is 2. The summed E-state index contributed by atoms with van der Waals surface area (Å²) in [6.07, 6.45) is 3.04. The number of rotatable bonds is 4. The van der Waals surface area contributed by atoms with Crippen molar-refractivity contribution in [1.82, 2.24) is 9.55 Å². The van der Waals surface area contributed by atoms with E-state index < -0.39 is 11.2 Å². The van der Waals surface area contributed by atoms with Gasteiger partial charge in [0.15, 0.2) is 5.16 Å². The van der Waals surface area contributed by atoms with E-state index in [0.29, 0.717) is 5.16 Å². The molecule has 5 nitrogen and oxygen atoms in total. The van der Waals surface area contributed by atoms with Gasteiger partial charge in [0.1, 0.15) is 4.83 Å². The monoisotopic (exact) mass is 385 g/mol. The van der Waals surface area contributed by atoms with Crippen LogP contribution >= 0.6 is 23.1 Å². The Morgan fingerprint density at radius 3 is 2.73 bits per heavy atom. The zero-order valence-corrected chi connectivity index (χ0v) is 16.2. The Hall–Kier alpha value is -2.12. The van der Waals surface area contributed by atoms with Gasteiger partial charge in [-0.15, -0.1) is 11.3 Å². The Bertz CT molecular complexity index is 1070. The molecule has 0 saturated carbocycles. The van der Waals surface area contributed by atoms with Crippen molar-refractivity contribution in [2.24, 2.45) is 5.73 Å². The molecule has 0 spiro atoms. The topological polar surface area (TPSA) is 78.0 Å². The number of primary amides is 1. The predicted molar refractivity (Wildman–Crippen MR) is 106 cm³/mol. The van der Waals surface area contributed by atoms with Crippen molar-refractivity contribution in [3.8, 4) is 5.69 Å². The lowest BCUT2D eigenvalue weighted by Crippen LogP contribution is -2.26. The van der Waals surface area contributed by atoms with Crippen molar-refractivity contribution >= 4 is 39.2 Å². The molecule has 1 aliphatic rings. The number of amides is 1. The fourth-order valence-electron chi connectivity index (χ4n) is 3.24. The van der Waals surface area contributed by atoms with Crippen molar-refractivity contribution in [1.29, 1.82) is 0 Å². The molecule has 0 saturated heterocycles. The van der Waals surface area contributed by atoms with E-state index >= 15 is 0 Å². The summed E-state index contributed by atoms with van der Waals surface area (Å²) in [6.45, 7) is 3.74. The lowest BCUT2D eigenvalue weighted by molar-refractivity contribution is -0.117. The van der Waals surface area contributed by atoms with E-state index in [1.807, 2.05) is 31.2 Å². The van der Waals surface area contributed by atoms with Gasteiger partial charge in [0.2, 0.25) is 5.91 Å². The van der Waals surface area contributed by atoms with Gasteiger partial charge < -0.3 is 5.73 Å². The predicted octanol–water partition coefficient (Wildman–Crippen LogP) is 3.21. The second kappa shape index (κ2) is 6.55. The van der Waals surface area contributed by atoms with Crippen molar-refractivity contribution in [2.75, 3.05) is 0 Å². The number of thioether (sulfide) groups is 1. The number of fused-ring (bicyclic) bond motifs is 3. The smallest absolute Gasteiger partial charge is 0.267 e. The van der Waals surface area contributed by atoms with Gasteiger partial charge in [-0.25, -0.2) is 4.98 Å². The number of hydrogen-bond donors (Lipinski definition) is 1. The molecular weight excluding hydrogens is 366 g/mol. The van der Waals surface area contributed by atoms with Gasteiger partial charge in [0.05, 0.1) is 16.3 Å². The summed E-state index contributed by atoms with van der Waals surface area (Å²) in [7, 11) is 0. The third-order valence-corrected chi connectivity index (χ3v) is 6.94. The summed E-state index contributed by atoms with van der Waals surface area (Å²) in [5.74, 6) is -0.423. The molecule has 2 aromatic heterocycles. The third kappa shape index (κ3) is 2.85. The average molecular weight is 386 g/mol. The maximum absolute atomic E-state index is 13.4. The van der Waals surface area contributed by atoms with E-state index in [9.17, 15) is 9.59 Å². The molecule has 0 aliphatic heterocycles. The van der Waals surface area contributed by atoms with E-state index in [4.69, 9.17) is 10.7 Å². The van der Waals surface area contributed by atoms with E-state index in [2.05, 4.69) is 0 Å². The number of nitrogens with zero attached hydrogens (tertiary/aromatic N) is 2. The van der Waals surface area contributed by atoms with E-state index in [-0.39, 0.29) is 5.56 Å². The summed E-state index contributed by atoms with van der Waals surface area (Å²) in [6, 6.07) is 7.76. The lowest BCUT2D eigenvalue weighted by Gasteiger charge is -2.14. The molecule has 1 amide bonds. The summed E-state index contributed by atoms with van der Waals surface area (Å²) in [4.78, 5) is 31.7. The standard InChI is InChI=1S/C19H19N3O2S2/c1-10-6-8-12(9-7-10)22-18(24)15-13-4-3-5-14(13)26-17(15)21-19(22)25-11(2)16(20)23/h6-9,11H,3-5H2,1-2H3,(H2,20,23). The molecule has 134 valence electrons. The van der Waals surface area contributed by atoms with Gasteiger partial charge in [0.25, 0.3) is 5.56 Å². The van der Waals surface area contributed by atoms with Crippen LogP contribution in [-0.2, 0) is 17.6 Å². The number of carbonyl (C=O) groups is 1. The van der Waals surface area contributed by atoms with Crippen molar-refractivity contribution in [3.05, 3.63) is 50.6 Å². The molecule has 1 aromatic carbocycles. The lowest BCUT2D eigenvalue weighted by atomic mass is 10.2. The second-order valence-electron chi connectivity index (χ2n) is 6.57. The van der Waals surface area contributed by atoms with Gasteiger partial charge >= 0.3 is 0 Å². The summed E-state index contributed by atoms with van der Waals surface area (Å²) >= 11 is 2.83. The Balaban J connectivity index is 1.98. The third-order valence-electron chi connectivity index (χ3n) is 4.68. The maximum atomic E-state index is 13.4. The van der Waals surface area contributed by atoms with Gasteiger partial charge in [-0.3, -0.25) is 14.2 Å². The quantitative estimate of drug-likeness (QED) is 0.553. The molecule has 2 N–H and O–H groups in total. The van der Waals surface area contributed by atoms with Crippen LogP contribution < -0.4 is 11.3 Å². The minimum Gasteiger partial charge on any atom is -0.369 e. The van der Waals surface area contributed by atoms with Crippen LogP contribution in [0.4, 0.5) is 0 Å². The Morgan fingerprint density at radius 2 is 2.04 bits per heavy atom. The highest BCUT2D eigenvalue weighted by Crippen LogP contribution is 2.36. The molecule has 0 fully saturated rings. The molecule has 26 heavy (non-hydrogen) atoms. The molecule has 1 atom stereocenters. The van der Waals surface area contributed by atoms with Crippen LogP contribution in [0.2, 0.25) is 0 Å². The average Bonchev–Trinajstić information content (AvgIpc) is 3.16. The van der Waals surface area contributed by atoms with Gasteiger partial charge in [-0.05, 0) is 50.8 Å². The van der Waals surface area contributed by atoms with Crippen LogP contribution in [0.15, 0.2) is 34.2 Å². The zero-order valence-electron chi connectivity index (χ0n) is 14.6. The molecule has 3 aromatic rings. The van der Waals surface area contributed by atoms with Gasteiger partial charge in [-0.2, -0.15) is 0 Å². The molecular formula is C19H19N3O2S2. The summed E-state index contributed by atoms with van der Waals surface area (Å²) in [5.41, 5.74) is 8.40. The molecule has 1 aliphatic carbocycles. The fraction of sp³-hybridized carbons (Fsp3) is 0.316. The first-order valence-corrected chi connectivity index (χ1v) is 10.3. The first kappa shape index (κ1) is 17.3. The highest BCUT2D eigenvalue weighted by atomic mass is 32.2. The van der Waals surface area contributed by atoms with Crippen LogP contribution in [0.25, 0.3) is 15.9 Å². The summed E-state index contributed by atoms with van der Waals surface area (Å²) < 4.78 is 1.62. The number of nitrogens with two attached hydrogens (primary N) is 1. The molecule has 0 bridgehead atoms. The van der Waals surface area contributed by atoms with E-state index in [1.54, 1.807) is 22.8 Å². The summed E-state index contributed by atoms with van der Waals surface area (Å²) in [5, 5.41) is 0.777. The minimum atomic E-state index is -0.470. The Morgan fingerprint density at radius 1 is 1.31 bits per heavy atom. The minimum absolute atomic E-state index is 0.0579. The van der Waals surface area contributed by atoms with Crippen LogP contribution in [0.3, 0.4) is 0 Å². The van der Waals surface area contributed by atoms with Gasteiger partial charge in [-0.1, -0.05) is 29.5 Å². The SMILES string of the molecule is Cc1ccc(-n2c(SC(C)C(N)=O)nc3sc4c(c3c2=O)CCC4)cc1. The van der Waals surface area contributed by atoms with Crippen LogP contribution in [0, 0.1) is 6.92 Å². The highest BCUT2D eigenvalue weighted by Gasteiger charge is 2.25. The maximum Gasteiger partial charge on any atom is 0.267 e. The molecule has 7 heteroatoms. The van der Waals surface area contributed by atoms with E-state index in [1.165, 1.54) is 16.6 Å². The molecule has 4 rings (SSSR count). The molecule has 1 unspecified atom stereocenters. The number of thiophene rings is 1. The first-order valence-electron chi connectivity index (χ1n) is 8.56. The number of aryl methyl sites for hydroxylation is 3. The Kier molecular flexibility index (Phi) is 4.36. The van der Waals surface area contributed by atoms with E-state index in [0.717, 1.165) is 46.3 Å². The van der Waals surface area contributed by atoms with Crippen molar-refractivity contribution in [2.45, 2.75) is 43.5 Å². The van der Waals surface area contributed by atoms with Crippen LogP contribution in [0.1, 0.15) is 29.3 Å². The number of hydrogen-bond acceptors (Lipinski definition) is 5. The highest BCUT2D eigenvalue weighted by molar-refractivity contribution is 8.00. The molecule has 0 radical (unpaired) electrons. The zero-order chi connectivity index (χ0) is 18.4. The molecule has 2 heterocycles. The Labute approximate surface area is 159 Å². The first-order chi connectivity index (χ1) is 12.5. The number of carbonyl (C=O) groups excluding carboxylic acids is 1. The normalized spacial score (nSPS) is 14.5. The number of benzene rings is 1. The fourth-order valence-corrected chi connectivity index (χ4v) is 5.42. The van der Waals surface area contributed by atoms with Crippen molar-refractivity contribution < 1.29 is 4.79 Å². The van der Waals surface area contributed by atoms with Crippen molar-refractivity contribution in [3.63, 3.8) is 0 Å². The largest absolute Gasteiger partial charge is 0.369 e. The van der Waals surface area contributed by atoms with Crippen LogP contribution in [-0.4, -0.2) is 20.7 Å². The van der Waals surface area contributed by atoms with Crippen LogP contribution in [0.5, 0.6) is 0 Å². The second-order valence-corrected chi connectivity index (χ2v) is 8.96. The van der Waals surface area contributed by atoms with Gasteiger partial charge in [0, 0.05) is 4.88 Å².